The van der Waals surface area contributed by atoms with Crippen molar-refractivity contribution in [1.82, 2.24) is 15.4 Å². The average molecular weight is 385 g/mol. The fourth-order valence-electron chi connectivity index (χ4n) is 3.81. The Morgan fingerprint density at radius 1 is 1.25 bits per heavy atom. The summed E-state index contributed by atoms with van der Waals surface area (Å²) in [5.41, 5.74) is 1.48. The number of likely N-dealkylation sites (tertiary alicyclic amines) is 1. The highest BCUT2D eigenvalue weighted by Crippen LogP contribution is 2.40. The molecule has 2 aliphatic rings. The second-order valence-electron chi connectivity index (χ2n) is 7.82. The second kappa shape index (κ2) is 7.83. The van der Waals surface area contributed by atoms with Gasteiger partial charge in [-0.1, -0.05) is 18.1 Å². The standard InChI is InChI=1S/C21H27N3O4/c1-13-10-24(11-15-6-7-16(26-2)8-19(15)27-3)12-18(13)22-21(25)17-9-20(28-23-17)14-4-5-14/h6-9,13-14,18H,4-5,10-12H2,1-3H3,(H,22,25). The maximum atomic E-state index is 12.6. The van der Waals surface area contributed by atoms with Gasteiger partial charge in [-0.05, 0) is 24.8 Å². The molecule has 7 nitrogen and oxygen atoms in total. The van der Waals surface area contributed by atoms with Crippen LogP contribution in [0.1, 0.15) is 47.5 Å². The predicted octanol–water partition coefficient (Wildman–Crippen LogP) is 2.82. The van der Waals surface area contributed by atoms with Crippen molar-refractivity contribution < 1.29 is 18.8 Å². The Kier molecular flexibility index (Phi) is 5.26. The van der Waals surface area contributed by atoms with E-state index in [0.29, 0.717) is 17.5 Å². The number of carbonyl (C=O) groups excluding carboxylic acids is 1. The van der Waals surface area contributed by atoms with E-state index in [1.54, 1.807) is 20.3 Å². The summed E-state index contributed by atoms with van der Waals surface area (Å²) in [6.07, 6.45) is 2.25. The van der Waals surface area contributed by atoms with Crippen molar-refractivity contribution in [2.75, 3.05) is 27.3 Å². The molecule has 4 rings (SSSR count). The van der Waals surface area contributed by atoms with Crippen molar-refractivity contribution in [1.29, 1.82) is 0 Å². The number of benzene rings is 1. The number of aromatic nitrogens is 1. The van der Waals surface area contributed by atoms with Crippen LogP contribution in [0, 0.1) is 5.92 Å². The summed E-state index contributed by atoms with van der Waals surface area (Å²) in [5.74, 6) is 3.07. The van der Waals surface area contributed by atoms with Gasteiger partial charge < -0.3 is 19.3 Å². The van der Waals surface area contributed by atoms with Crippen LogP contribution in [0.5, 0.6) is 11.5 Å². The van der Waals surface area contributed by atoms with Crippen molar-refractivity contribution in [3.8, 4) is 11.5 Å². The zero-order valence-corrected chi connectivity index (χ0v) is 16.6. The summed E-state index contributed by atoms with van der Waals surface area (Å²) in [6.45, 7) is 4.62. The van der Waals surface area contributed by atoms with Gasteiger partial charge in [0.2, 0.25) is 0 Å². The Morgan fingerprint density at radius 2 is 2.07 bits per heavy atom. The molecule has 1 aliphatic carbocycles. The van der Waals surface area contributed by atoms with E-state index in [-0.39, 0.29) is 11.9 Å². The molecule has 1 aromatic heterocycles. The molecule has 0 spiro atoms. The van der Waals surface area contributed by atoms with Crippen LogP contribution in [0.15, 0.2) is 28.8 Å². The van der Waals surface area contributed by atoms with Crippen molar-refractivity contribution in [3.63, 3.8) is 0 Å². The van der Waals surface area contributed by atoms with E-state index in [1.165, 1.54) is 0 Å². The van der Waals surface area contributed by atoms with Crippen molar-refractivity contribution in [2.24, 2.45) is 5.92 Å². The molecular weight excluding hydrogens is 358 g/mol. The van der Waals surface area contributed by atoms with Gasteiger partial charge in [0.05, 0.1) is 14.2 Å². The fourth-order valence-corrected chi connectivity index (χ4v) is 3.81. The van der Waals surface area contributed by atoms with Crippen molar-refractivity contribution in [3.05, 3.63) is 41.3 Å². The minimum Gasteiger partial charge on any atom is -0.497 e. The first-order valence-corrected chi connectivity index (χ1v) is 9.78. The fraction of sp³-hybridized carbons (Fsp3) is 0.524. The lowest BCUT2D eigenvalue weighted by atomic mass is 10.1. The van der Waals surface area contributed by atoms with Gasteiger partial charge in [-0.15, -0.1) is 0 Å². The van der Waals surface area contributed by atoms with Gasteiger partial charge in [0, 0.05) is 49.3 Å². The smallest absolute Gasteiger partial charge is 0.273 e. The predicted molar refractivity (Wildman–Crippen MR) is 104 cm³/mol. The van der Waals surface area contributed by atoms with Gasteiger partial charge in [0.25, 0.3) is 5.91 Å². The molecule has 150 valence electrons. The molecule has 1 N–H and O–H groups in total. The summed E-state index contributed by atoms with van der Waals surface area (Å²) in [6, 6.07) is 7.74. The molecule has 28 heavy (non-hydrogen) atoms. The minimum atomic E-state index is -0.156. The van der Waals surface area contributed by atoms with Crippen LogP contribution >= 0.6 is 0 Å². The van der Waals surface area contributed by atoms with E-state index >= 15 is 0 Å². The summed E-state index contributed by atoms with van der Waals surface area (Å²) in [4.78, 5) is 14.9. The first kappa shape index (κ1) is 18.8. The van der Waals surface area contributed by atoms with Crippen LogP contribution in [-0.2, 0) is 6.54 Å². The van der Waals surface area contributed by atoms with Gasteiger partial charge in [-0.3, -0.25) is 9.69 Å². The highest BCUT2D eigenvalue weighted by Gasteiger charge is 2.33. The van der Waals surface area contributed by atoms with Crippen LogP contribution in [0.25, 0.3) is 0 Å². The van der Waals surface area contributed by atoms with E-state index in [9.17, 15) is 4.79 Å². The molecule has 2 unspecified atom stereocenters. The number of rotatable bonds is 7. The molecule has 1 aromatic carbocycles. The maximum absolute atomic E-state index is 12.6. The quantitative estimate of drug-likeness (QED) is 0.790. The SMILES string of the molecule is COc1ccc(CN2CC(C)C(NC(=O)c3cc(C4CC4)on3)C2)c(OC)c1. The van der Waals surface area contributed by atoms with Gasteiger partial charge in [0.15, 0.2) is 5.69 Å². The third kappa shape index (κ3) is 3.99. The Balaban J connectivity index is 1.37. The van der Waals surface area contributed by atoms with Crippen LogP contribution in [0.2, 0.25) is 0 Å². The van der Waals surface area contributed by atoms with E-state index in [2.05, 4.69) is 22.3 Å². The van der Waals surface area contributed by atoms with Crippen LogP contribution in [0.4, 0.5) is 0 Å². The molecule has 1 saturated carbocycles. The van der Waals surface area contributed by atoms with Crippen LogP contribution < -0.4 is 14.8 Å². The van der Waals surface area contributed by atoms with E-state index < -0.39 is 0 Å². The minimum absolute atomic E-state index is 0.0813. The Bertz CT molecular complexity index is 846. The molecule has 1 amide bonds. The Hall–Kier alpha value is -2.54. The summed E-state index contributed by atoms with van der Waals surface area (Å²) in [7, 11) is 3.31. The Labute approximate surface area is 165 Å². The third-order valence-electron chi connectivity index (χ3n) is 5.63. The van der Waals surface area contributed by atoms with E-state index in [4.69, 9.17) is 14.0 Å². The molecule has 1 saturated heterocycles. The molecule has 0 radical (unpaired) electrons. The second-order valence-corrected chi connectivity index (χ2v) is 7.82. The topological polar surface area (TPSA) is 76.8 Å². The highest BCUT2D eigenvalue weighted by molar-refractivity contribution is 5.92. The van der Waals surface area contributed by atoms with Crippen molar-refractivity contribution >= 4 is 5.91 Å². The number of ether oxygens (including phenoxy) is 2. The zero-order chi connectivity index (χ0) is 19.7. The van der Waals surface area contributed by atoms with Gasteiger partial charge in [-0.25, -0.2) is 0 Å². The average Bonchev–Trinajstić information content (AvgIpc) is 3.33. The summed E-state index contributed by atoms with van der Waals surface area (Å²) < 4.78 is 16.1. The molecule has 1 aliphatic heterocycles. The number of carbonyl (C=O) groups is 1. The largest absolute Gasteiger partial charge is 0.497 e. The molecular formula is C21H27N3O4. The summed E-state index contributed by atoms with van der Waals surface area (Å²) >= 11 is 0. The number of methoxy groups -OCH3 is 2. The third-order valence-corrected chi connectivity index (χ3v) is 5.63. The first-order valence-electron chi connectivity index (χ1n) is 9.78. The molecule has 0 bridgehead atoms. The normalized spacial score (nSPS) is 22.2. The first-order chi connectivity index (χ1) is 13.6. The Morgan fingerprint density at radius 3 is 2.79 bits per heavy atom. The highest BCUT2D eigenvalue weighted by atomic mass is 16.5. The lowest BCUT2D eigenvalue weighted by molar-refractivity contribution is 0.0922. The molecule has 2 fully saturated rings. The number of amides is 1. The van der Waals surface area contributed by atoms with Crippen LogP contribution in [-0.4, -0.2) is 49.3 Å². The van der Waals surface area contributed by atoms with Gasteiger partial charge in [0.1, 0.15) is 17.3 Å². The number of nitrogens with one attached hydrogen (secondary N) is 1. The number of hydrogen-bond acceptors (Lipinski definition) is 6. The maximum Gasteiger partial charge on any atom is 0.273 e. The zero-order valence-electron chi connectivity index (χ0n) is 16.6. The molecule has 2 atom stereocenters. The molecule has 7 heteroatoms. The lowest BCUT2D eigenvalue weighted by Crippen LogP contribution is -2.40. The van der Waals surface area contributed by atoms with Gasteiger partial charge in [-0.2, -0.15) is 0 Å². The van der Waals surface area contributed by atoms with Gasteiger partial charge >= 0.3 is 0 Å². The van der Waals surface area contributed by atoms with E-state index in [1.807, 2.05) is 18.2 Å². The number of hydrogen-bond donors (Lipinski definition) is 1. The van der Waals surface area contributed by atoms with Crippen LogP contribution in [0.3, 0.4) is 0 Å². The monoisotopic (exact) mass is 385 g/mol. The van der Waals surface area contributed by atoms with E-state index in [0.717, 1.165) is 55.3 Å². The summed E-state index contributed by atoms with van der Waals surface area (Å²) in [5, 5.41) is 7.07. The van der Waals surface area contributed by atoms with Crippen molar-refractivity contribution in [2.45, 2.75) is 38.3 Å². The number of nitrogens with zero attached hydrogens (tertiary/aromatic N) is 2. The molecule has 2 aromatic rings. The lowest BCUT2D eigenvalue weighted by Gasteiger charge is -2.18. The molecule has 2 heterocycles.